The molecule has 16 heavy (non-hydrogen) atoms. The van der Waals surface area contributed by atoms with E-state index in [9.17, 15) is 4.39 Å². The molecule has 2 aromatic rings. The Morgan fingerprint density at radius 1 is 1.25 bits per heavy atom. The molecule has 0 saturated heterocycles. The zero-order valence-electron chi connectivity index (χ0n) is 8.64. The van der Waals surface area contributed by atoms with Crippen molar-refractivity contribution in [2.45, 2.75) is 0 Å². The number of alkyl halides is 1. The van der Waals surface area contributed by atoms with Crippen molar-refractivity contribution in [1.29, 1.82) is 0 Å². The topological polar surface area (TPSA) is 35.0 Å². The lowest BCUT2D eigenvalue weighted by Crippen LogP contribution is -1.99. The standard InChI is InChI=1S/C12H11FN2O/c13-4-7-16-11-3-6-15-12(8-11)10-2-1-5-14-9-10/h1-3,5-6,8-9H,4,7H2. The summed E-state index contributed by atoms with van der Waals surface area (Å²) in [5.74, 6) is 0.617. The van der Waals surface area contributed by atoms with Gasteiger partial charge in [0.05, 0.1) is 5.69 Å². The molecule has 0 aliphatic carbocycles. The van der Waals surface area contributed by atoms with Gasteiger partial charge >= 0.3 is 0 Å². The monoisotopic (exact) mass is 218 g/mol. The van der Waals surface area contributed by atoms with E-state index in [4.69, 9.17) is 4.74 Å². The Kier molecular flexibility index (Phi) is 3.43. The van der Waals surface area contributed by atoms with Crippen molar-refractivity contribution >= 4 is 0 Å². The summed E-state index contributed by atoms with van der Waals surface area (Å²) in [6.45, 7) is -0.430. The molecule has 2 rings (SSSR count). The first kappa shape index (κ1) is 10.5. The van der Waals surface area contributed by atoms with Crippen LogP contribution in [0.25, 0.3) is 11.3 Å². The first-order valence-electron chi connectivity index (χ1n) is 4.95. The second-order valence-corrected chi connectivity index (χ2v) is 3.16. The highest BCUT2D eigenvalue weighted by Gasteiger charge is 2.01. The summed E-state index contributed by atoms with van der Waals surface area (Å²) in [7, 11) is 0. The normalized spacial score (nSPS) is 10.1. The van der Waals surface area contributed by atoms with Gasteiger partial charge in [0.15, 0.2) is 0 Å². The lowest BCUT2D eigenvalue weighted by Gasteiger charge is -2.05. The van der Waals surface area contributed by atoms with Crippen LogP contribution >= 0.6 is 0 Å². The number of halogens is 1. The van der Waals surface area contributed by atoms with Crippen LogP contribution in [0.5, 0.6) is 5.75 Å². The van der Waals surface area contributed by atoms with E-state index < -0.39 is 6.67 Å². The third-order valence-electron chi connectivity index (χ3n) is 2.03. The molecule has 2 heterocycles. The highest BCUT2D eigenvalue weighted by atomic mass is 19.1. The Bertz CT molecular complexity index is 448. The molecular weight excluding hydrogens is 207 g/mol. The molecular formula is C12H11FN2O. The van der Waals surface area contributed by atoms with Crippen LogP contribution in [0.3, 0.4) is 0 Å². The zero-order valence-corrected chi connectivity index (χ0v) is 8.64. The van der Waals surface area contributed by atoms with Gasteiger partial charge in [-0.2, -0.15) is 0 Å². The largest absolute Gasteiger partial charge is 0.491 e. The fourth-order valence-electron chi connectivity index (χ4n) is 1.33. The minimum atomic E-state index is -0.495. The Balaban J connectivity index is 2.22. The van der Waals surface area contributed by atoms with Crippen LogP contribution in [-0.4, -0.2) is 23.2 Å². The number of pyridine rings is 2. The van der Waals surface area contributed by atoms with Gasteiger partial charge in [0.1, 0.15) is 19.0 Å². The average molecular weight is 218 g/mol. The third-order valence-corrected chi connectivity index (χ3v) is 2.03. The number of hydrogen-bond acceptors (Lipinski definition) is 3. The first-order valence-corrected chi connectivity index (χ1v) is 4.95. The molecule has 0 fully saturated rings. The van der Waals surface area contributed by atoms with Crippen molar-refractivity contribution in [3.63, 3.8) is 0 Å². The van der Waals surface area contributed by atoms with Gasteiger partial charge in [-0.25, -0.2) is 4.39 Å². The average Bonchev–Trinajstić information content (AvgIpc) is 2.38. The quantitative estimate of drug-likeness (QED) is 0.790. The fourth-order valence-corrected chi connectivity index (χ4v) is 1.33. The molecule has 0 unspecified atom stereocenters. The molecule has 0 radical (unpaired) electrons. The maximum atomic E-state index is 12.0. The summed E-state index contributed by atoms with van der Waals surface area (Å²) in [4.78, 5) is 8.22. The fraction of sp³-hybridized carbons (Fsp3) is 0.167. The maximum Gasteiger partial charge on any atom is 0.123 e. The SMILES string of the molecule is FCCOc1ccnc(-c2cccnc2)c1. The molecule has 0 amide bonds. The predicted molar refractivity (Wildman–Crippen MR) is 58.9 cm³/mol. The van der Waals surface area contributed by atoms with Crippen molar-refractivity contribution < 1.29 is 9.13 Å². The molecule has 0 N–H and O–H groups in total. The molecule has 82 valence electrons. The lowest BCUT2D eigenvalue weighted by atomic mass is 10.2. The van der Waals surface area contributed by atoms with Gasteiger partial charge in [-0.05, 0) is 18.2 Å². The van der Waals surface area contributed by atoms with Crippen LogP contribution in [0.15, 0.2) is 42.9 Å². The zero-order chi connectivity index (χ0) is 11.2. The predicted octanol–water partition coefficient (Wildman–Crippen LogP) is 2.49. The van der Waals surface area contributed by atoms with Crippen LogP contribution in [0, 0.1) is 0 Å². The number of aromatic nitrogens is 2. The van der Waals surface area contributed by atoms with E-state index in [0.29, 0.717) is 5.75 Å². The van der Waals surface area contributed by atoms with Gasteiger partial charge in [0.25, 0.3) is 0 Å². The molecule has 0 saturated carbocycles. The smallest absolute Gasteiger partial charge is 0.123 e. The van der Waals surface area contributed by atoms with Gasteiger partial charge in [-0.15, -0.1) is 0 Å². The van der Waals surface area contributed by atoms with Crippen molar-refractivity contribution in [3.8, 4) is 17.0 Å². The van der Waals surface area contributed by atoms with Gasteiger partial charge < -0.3 is 4.74 Å². The Morgan fingerprint density at radius 2 is 2.19 bits per heavy atom. The number of hydrogen-bond donors (Lipinski definition) is 0. The van der Waals surface area contributed by atoms with E-state index in [0.717, 1.165) is 11.3 Å². The summed E-state index contributed by atoms with van der Waals surface area (Å²) >= 11 is 0. The lowest BCUT2D eigenvalue weighted by molar-refractivity contribution is 0.273. The molecule has 4 heteroatoms. The summed E-state index contributed by atoms with van der Waals surface area (Å²) in [6.07, 6.45) is 5.06. The van der Waals surface area contributed by atoms with Gasteiger partial charge in [-0.3, -0.25) is 9.97 Å². The van der Waals surface area contributed by atoms with Crippen LogP contribution in [0.4, 0.5) is 4.39 Å². The van der Waals surface area contributed by atoms with Crippen molar-refractivity contribution in [1.82, 2.24) is 9.97 Å². The van der Waals surface area contributed by atoms with Crippen molar-refractivity contribution in [2.75, 3.05) is 13.3 Å². The van der Waals surface area contributed by atoms with Crippen molar-refractivity contribution in [3.05, 3.63) is 42.9 Å². The molecule has 0 aliphatic heterocycles. The Hall–Kier alpha value is -1.97. The van der Waals surface area contributed by atoms with Crippen LogP contribution in [0.2, 0.25) is 0 Å². The molecule has 0 atom stereocenters. The highest BCUT2D eigenvalue weighted by molar-refractivity contribution is 5.59. The van der Waals surface area contributed by atoms with Crippen LogP contribution < -0.4 is 4.74 Å². The second kappa shape index (κ2) is 5.21. The second-order valence-electron chi connectivity index (χ2n) is 3.16. The maximum absolute atomic E-state index is 12.0. The van der Waals surface area contributed by atoms with E-state index >= 15 is 0 Å². The van der Waals surface area contributed by atoms with Gasteiger partial charge in [-0.1, -0.05) is 0 Å². The molecule has 3 nitrogen and oxygen atoms in total. The van der Waals surface area contributed by atoms with E-state index in [1.54, 1.807) is 30.7 Å². The Morgan fingerprint density at radius 3 is 2.94 bits per heavy atom. The Labute approximate surface area is 92.9 Å². The first-order chi connectivity index (χ1) is 7.90. The summed E-state index contributed by atoms with van der Waals surface area (Å²) < 4.78 is 17.1. The summed E-state index contributed by atoms with van der Waals surface area (Å²) in [5, 5.41) is 0. The summed E-state index contributed by atoms with van der Waals surface area (Å²) in [5.41, 5.74) is 1.68. The van der Waals surface area contributed by atoms with E-state index in [1.165, 1.54) is 0 Å². The summed E-state index contributed by atoms with van der Waals surface area (Å²) in [6, 6.07) is 7.22. The molecule has 0 aliphatic rings. The van der Waals surface area contributed by atoms with Gasteiger partial charge in [0, 0.05) is 30.2 Å². The van der Waals surface area contributed by atoms with Crippen LogP contribution in [0.1, 0.15) is 0 Å². The minimum absolute atomic E-state index is 0.0660. The van der Waals surface area contributed by atoms with E-state index in [-0.39, 0.29) is 6.61 Å². The minimum Gasteiger partial charge on any atom is -0.491 e. The van der Waals surface area contributed by atoms with E-state index in [1.807, 2.05) is 12.1 Å². The number of ether oxygens (including phenoxy) is 1. The van der Waals surface area contributed by atoms with E-state index in [2.05, 4.69) is 9.97 Å². The molecule has 2 aromatic heterocycles. The number of rotatable bonds is 4. The highest BCUT2D eigenvalue weighted by Crippen LogP contribution is 2.20. The molecule has 0 aromatic carbocycles. The number of nitrogens with zero attached hydrogens (tertiary/aromatic N) is 2. The third kappa shape index (κ3) is 2.53. The van der Waals surface area contributed by atoms with Gasteiger partial charge in [0.2, 0.25) is 0 Å². The van der Waals surface area contributed by atoms with Crippen molar-refractivity contribution in [2.24, 2.45) is 0 Å². The molecule has 0 spiro atoms. The van der Waals surface area contributed by atoms with Crippen LogP contribution in [-0.2, 0) is 0 Å². The molecule has 0 bridgehead atoms.